The van der Waals surface area contributed by atoms with E-state index in [1.54, 1.807) is 0 Å². The number of nitrogens with zero attached hydrogens (tertiary/aromatic N) is 3. The predicted molar refractivity (Wildman–Crippen MR) is 107 cm³/mol. The summed E-state index contributed by atoms with van der Waals surface area (Å²) in [4.78, 5) is 33.7. The highest BCUT2D eigenvalue weighted by molar-refractivity contribution is 5.84. The zero-order chi connectivity index (χ0) is 19.3. The molecule has 1 atom stereocenters. The molecule has 2 saturated heterocycles. The van der Waals surface area contributed by atoms with Crippen molar-refractivity contribution in [1.29, 1.82) is 0 Å². The number of likely N-dealkylation sites (tertiary alicyclic amines) is 2. The summed E-state index contributed by atoms with van der Waals surface area (Å²) < 4.78 is 0. The molecule has 4 rings (SSSR count). The first-order chi connectivity index (χ1) is 13.7. The van der Waals surface area contributed by atoms with Gasteiger partial charge in [-0.25, -0.2) is 0 Å². The minimum atomic E-state index is -0.0341. The van der Waals surface area contributed by atoms with Gasteiger partial charge in [0.2, 0.25) is 11.8 Å². The van der Waals surface area contributed by atoms with E-state index in [1.165, 1.54) is 18.4 Å². The highest BCUT2D eigenvalue weighted by atomic mass is 16.2. The van der Waals surface area contributed by atoms with Crippen LogP contribution in [0.2, 0.25) is 0 Å². The number of hydrogen-bond donors (Lipinski definition) is 1. The molecular formula is C22H32N4O2. The monoisotopic (exact) mass is 384 g/mol. The molecule has 0 aromatic carbocycles. The van der Waals surface area contributed by atoms with Gasteiger partial charge in [-0.1, -0.05) is 12.8 Å². The largest absolute Gasteiger partial charge is 0.353 e. The SMILES string of the molecule is O=C(NC1CCN(Cc2ccncc2)CC1)C1CCC(=O)N(C2CCCC2)C1. The van der Waals surface area contributed by atoms with Crippen LogP contribution in [-0.4, -0.2) is 58.3 Å². The van der Waals surface area contributed by atoms with E-state index in [4.69, 9.17) is 0 Å². The molecule has 0 spiro atoms. The van der Waals surface area contributed by atoms with Crippen LogP contribution in [0.5, 0.6) is 0 Å². The van der Waals surface area contributed by atoms with Gasteiger partial charge in [0.25, 0.3) is 0 Å². The Morgan fingerprint density at radius 3 is 2.50 bits per heavy atom. The lowest BCUT2D eigenvalue weighted by atomic mass is 9.94. The van der Waals surface area contributed by atoms with Crippen molar-refractivity contribution < 1.29 is 9.59 Å². The number of carbonyl (C=O) groups is 2. The summed E-state index contributed by atoms with van der Waals surface area (Å²) >= 11 is 0. The summed E-state index contributed by atoms with van der Waals surface area (Å²) in [5.41, 5.74) is 1.29. The van der Waals surface area contributed by atoms with E-state index in [0.29, 0.717) is 25.4 Å². The zero-order valence-corrected chi connectivity index (χ0v) is 16.7. The quantitative estimate of drug-likeness (QED) is 0.846. The summed E-state index contributed by atoms with van der Waals surface area (Å²) in [7, 11) is 0. The maximum Gasteiger partial charge on any atom is 0.225 e. The Labute approximate surface area is 167 Å². The molecule has 6 heteroatoms. The fraction of sp³-hybridized carbons (Fsp3) is 0.682. The molecule has 6 nitrogen and oxygen atoms in total. The van der Waals surface area contributed by atoms with Gasteiger partial charge in [-0.2, -0.15) is 0 Å². The first-order valence-corrected chi connectivity index (χ1v) is 10.9. The van der Waals surface area contributed by atoms with E-state index in [2.05, 4.69) is 27.3 Å². The Kier molecular flexibility index (Phi) is 6.25. The fourth-order valence-corrected chi connectivity index (χ4v) is 4.96. The van der Waals surface area contributed by atoms with Crippen LogP contribution in [0, 0.1) is 5.92 Å². The Balaban J connectivity index is 1.23. The van der Waals surface area contributed by atoms with Gasteiger partial charge in [-0.15, -0.1) is 0 Å². The Morgan fingerprint density at radius 2 is 1.79 bits per heavy atom. The number of piperidine rings is 2. The second kappa shape index (κ2) is 9.03. The molecule has 0 radical (unpaired) electrons. The highest BCUT2D eigenvalue weighted by Gasteiger charge is 2.35. The Bertz CT molecular complexity index is 666. The second-order valence-corrected chi connectivity index (χ2v) is 8.63. The topological polar surface area (TPSA) is 65.5 Å². The summed E-state index contributed by atoms with van der Waals surface area (Å²) in [6.45, 7) is 3.58. The maximum atomic E-state index is 12.8. The van der Waals surface area contributed by atoms with E-state index in [1.807, 2.05) is 17.3 Å². The molecule has 1 aliphatic carbocycles. The average Bonchev–Trinajstić information content (AvgIpc) is 3.25. The third-order valence-corrected chi connectivity index (χ3v) is 6.67. The van der Waals surface area contributed by atoms with Crippen molar-refractivity contribution in [2.45, 2.75) is 70.0 Å². The van der Waals surface area contributed by atoms with Crippen LogP contribution in [0.15, 0.2) is 24.5 Å². The number of hydrogen-bond acceptors (Lipinski definition) is 4. The predicted octanol–water partition coefficient (Wildman–Crippen LogP) is 2.34. The van der Waals surface area contributed by atoms with Gasteiger partial charge in [0.15, 0.2) is 0 Å². The number of amides is 2. The van der Waals surface area contributed by atoms with Crippen LogP contribution in [0.4, 0.5) is 0 Å². The molecule has 1 N–H and O–H groups in total. The molecule has 1 unspecified atom stereocenters. The molecule has 28 heavy (non-hydrogen) atoms. The van der Waals surface area contributed by atoms with Crippen LogP contribution in [0.3, 0.4) is 0 Å². The molecule has 152 valence electrons. The molecule has 3 heterocycles. The number of aromatic nitrogens is 1. The van der Waals surface area contributed by atoms with Crippen LogP contribution in [0.25, 0.3) is 0 Å². The van der Waals surface area contributed by atoms with E-state index in [9.17, 15) is 9.59 Å². The summed E-state index contributed by atoms with van der Waals surface area (Å²) in [5.74, 6) is 0.372. The van der Waals surface area contributed by atoms with Crippen molar-refractivity contribution in [3.05, 3.63) is 30.1 Å². The molecule has 2 amide bonds. The Hall–Kier alpha value is -1.95. The van der Waals surface area contributed by atoms with Gasteiger partial charge < -0.3 is 10.2 Å². The minimum absolute atomic E-state index is 0.0341. The smallest absolute Gasteiger partial charge is 0.225 e. The molecular weight excluding hydrogens is 352 g/mol. The van der Waals surface area contributed by atoms with Crippen LogP contribution < -0.4 is 5.32 Å². The molecule has 3 fully saturated rings. The Morgan fingerprint density at radius 1 is 1.07 bits per heavy atom. The molecule has 1 saturated carbocycles. The summed E-state index contributed by atoms with van der Waals surface area (Å²) in [6.07, 6.45) is 11.5. The van der Waals surface area contributed by atoms with E-state index >= 15 is 0 Å². The number of rotatable bonds is 5. The van der Waals surface area contributed by atoms with Crippen LogP contribution in [0.1, 0.15) is 56.9 Å². The molecule has 3 aliphatic rings. The van der Waals surface area contributed by atoms with Crippen molar-refractivity contribution in [3.8, 4) is 0 Å². The van der Waals surface area contributed by atoms with E-state index < -0.39 is 0 Å². The molecule has 2 aliphatic heterocycles. The van der Waals surface area contributed by atoms with Gasteiger partial charge in [-0.05, 0) is 49.8 Å². The average molecular weight is 385 g/mol. The van der Waals surface area contributed by atoms with Crippen molar-refractivity contribution in [3.63, 3.8) is 0 Å². The van der Waals surface area contributed by atoms with Crippen LogP contribution >= 0.6 is 0 Å². The third-order valence-electron chi connectivity index (χ3n) is 6.67. The van der Waals surface area contributed by atoms with Gasteiger partial charge in [0.1, 0.15) is 0 Å². The normalized spacial score (nSPS) is 25.2. The van der Waals surface area contributed by atoms with Crippen molar-refractivity contribution in [1.82, 2.24) is 20.1 Å². The lowest BCUT2D eigenvalue weighted by molar-refractivity contribution is -0.140. The van der Waals surface area contributed by atoms with Crippen molar-refractivity contribution in [2.24, 2.45) is 5.92 Å². The van der Waals surface area contributed by atoms with Gasteiger partial charge in [0.05, 0.1) is 5.92 Å². The van der Waals surface area contributed by atoms with E-state index in [-0.39, 0.29) is 23.8 Å². The van der Waals surface area contributed by atoms with Crippen LogP contribution in [-0.2, 0) is 16.1 Å². The maximum absolute atomic E-state index is 12.8. The number of pyridine rings is 1. The highest BCUT2D eigenvalue weighted by Crippen LogP contribution is 2.29. The summed E-state index contributed by atoms with van der Waals surface area (Å²) in [5, 5.41) is 3.29. The van der Waals surface area contributed by atoms with Crippen molar-refractivity contribution in [2.75, 3.05) is 19.6 Å². The summed E-state index contributed by atoms with van der Waals surface area (Å²) in [6, 6.07) is 4.76. The third kappa shape index (κ3) is 4.72. The second-order valence-electron chi connectivity index (χ2n) is 8.63. The van der Waals surface area contributed by atoms with Gasteiger partial charge in [0, 0.05) is 57.1 Å². The van der Waals surface area contributed by atoms with Gasteiger partial charge in [-0.3, -0.25) is 19.5 Å². The van der Waals surface area contributed by atoms with Gasteiger partial charge >= 0.3 is 0 Å². The van der Waals surface area contributed by atoms with E-state index in [0.717, 1.165) is 45.3 Å². The first kappa shape index (κ1) is 19.4. The standard InChI is InChI=1S/C22H32N4O2/c27-21-6-5-18(16-26(21)20-3-1-2-4-20)22(28)24-19-9-13-25(14-10-19)15-17-7-11-23-12-8-17/h7-8,11-12,18-20H,1-6,9-10,13-16H2,(H,24,28). The fourth-order valence-electron chi connectivity index (χ4n) is 4.96. The minimum Gasteiger partial charge on any atom is -0.353 e. The number of nitrogens with one attached hydrogen (secondary N) is 1. The lowest BCUT2D eigenvalue weighted by Gasteiger charge is -2.37. The number of carbonyl (C=O) groups excluding carboxylic acids is 2. The molecule has 1 aromatic heterocycles. The first-order valence-electron chi connectivity index (χ1n) is 10.9. The zero-order valence-electron chi connectivity index (χ0n) is 16.7. The van der Waals surface area contributed by atoms with Crippen molar-refractivity contribution >= 4 is 11.8 Å². The lowest BCUT2D eigenvalue weighted by Crippen LogP contribution is -2.52. The molecule has 1 aromatic rings. The molecule has 0 bridgehead atoms.